The molecule has 168 valence electrons. The summed E-state index contributed by atoms with van der Waals surface area (Å²) in [5.74, 6) is 0.231. The lowest BCUT2D eigenvalue weighted by Crippen LogP contribution is -2.46. The van der Waals surface area contributed by atoms with Crippen molar-refractivity contribution in [3.8, 4) is 11.3 Å². The maximum Gasteiger partial charge on any atom is 0.234 e. The van der Waals surface area contributed by atoms with Crippen molar-refractivity contribution in [3.63, 3.8) is 0 Å². The number of nitrogens with zero attached hydrogens (tertiary/aromatic N) is 3. The van der Waals surface area contributed by atoms with Crippen LogP contribution in [0.5, 0.6) is 0 Å². The van der Waals surface area contributed by atoms with Crippen LogP contribution in [0.4, 0.5) is 11.4 Å². The van der Waals surface area contributed by atoms with Crippen molar-refractivity contribution in [3.05, 3.63) is 57.3 Å². The molecule has 1 amide bonds. The molecule has 1 N–H and O–H groups in total. The number of aromatic nitrogens is 1. The summed E-state index contributed by atoms with van der Waals surface area (Å²) in [5, 5.41) is 5.75. The van der Waals surface area contributed by atoms with E-state index in [-0.39, 0.29) is 5.91 Å². The van der Waals surface area contributed by atoms with E-state index in [2.05, 4.69) is 43.0 Å². The van der Waals surface area contributed by atoms with Gasteiger partial charge in [0, 0.05) is 41.6 Å². The van der Waals surface area contributed by atoms with Gasteiger partial charge in [-0.15, -0.1) is 11.3 Å². The third kappa shape index (κ3) is 5.85. The van der Waals surface area contributed by atoms with E-state index in [9.17, 15) is 4.79 Å². The summed E-state index contributed by atoms with van der Waals surface area (Å²) in [6.07, 6.45) is 0. The van der Waals surface area contributed by atoms with Crippen molar-refractivity contribution in [1.82, 2.24) is 9.88 Å². The molecule has 32 heavy (non-hydrogen) atoms. The van der Waals surface area contributed by atoms with Crippen LogP contribution in [0.15, 0.2) is 56.7 Å². The molecule has 2 heterocycles. The average Bonchev–Trinajstić information content (AvgIpc) is 3.28. The second-order valence-electron chi connectivity index (χ2n) is 7.40. The van der Waals surface area contributed by atoms with Crippen molar-refractivity contribution in [1.29, 1.82) is 0 Å². The van der Waals surface area contributed by atoms with Crippen LogP contribution in [0.2, 0.25) is 5.02 Å². The topological polar surface area (TPSA) is 48.5 Å². The number of piperazine rings is 1. The number of hydrogen-bond donors (Lipinski definition) is 1. The summed E-state index contributed by atoms with van der Waals surface area (Å²) in [6, 6.07) is 13.7. The zero-order chi connectivity index (χ0) is 22.5. The number of para-hydroxylation sites is 1. The second-order valence-corrected chi connectivity index (χ2v) is 10.8. The predicted molar refractivity (Wildman–Crippen MR) is 140 cm³/mol. The van der Waals surface area contributed by atoms with Gasteiger partial charge in [-0.3, -0.25) is 4.79 Å². The quantitative estimate of drug-likeness (QED) is 0.360. The summed E-state index contributed by atoms with van der Waals surface area (Å²) < 4.78 is 1.91. The van der Waals surface area contributed by atoms with E-state index < -0.39 is 0 Å². The molecule has 4 rings (SSSR count). The highest BCUT2D eigenvalue weighted by Crippen LogP contribution is 2.35. The van der Waals surface area contributed by atoms with Crippen LogP contribution >= 0.6 is 50.6 Å². The van der Waals surface area contributed by atoms with Crippen LogP contribution in [0.25, 0.3) is 11.3 Å². The number of amides is 1. The molecule has 0 radical (unpaired) electrons. The molecule has 1 saturated heterocycles. The first-order valence-electron chi connectivity index (χ1n) is 10.4. The van der Waals surface area contributed by atoms with Crippen molar-refractivity contribution in [2.45, 2.75) is 11.3 Å². The molecule has 0 unspecified atom stereocenters. The van der Waals surface area contributed by atoms with Gasteiger partial charge in [-0.1, -0.05) is 64.4 Å². The number of benzene rings is 2. The van der Waals surface area contributed by atoms with Crippen LogP contribution in [-0.4, -0.2) is 54.3 Å². The molecule has 3 aromatic rings. The highest BCUT2D eigenvalue weighted by Gasteiger charge is 2.21. The van der Waals surface area contributed by atoms with Gasteiger partial charge in [0.25, 0.3) is 0 Å². The zero-order valence-corrected chi connectivity index (χ0v) is 21.7. The Kier molecular flexibility index (Phi) is 8.12. The number of nitrogens with one attached hydrogen (secondary N) is 1. The number of halogens is 2. The normalized spacial score (nSPS) is 14.5. The monoisotopic (exact) mass is 550 g/mol. The van der Waals surface area contributed by atoms with Gasteiger partial charge in [0.15, 0.2) is 4.34 Å². The molecule has 5 nitrogen and oxygen atoms in total. The Balaban J connectivity index is 1.38. The Labute approximate surface area is 210 Å². The van der Waals surface area contributed by atoms with Gasteiger partial charge in [0.1, 0.15) is 0 Å². The molecular formula is C23H24BrClN4OS2. The van der Waals surface area contributed by atoms with E-state index in [0.29, 0.717) is 10.8 Å². The van der Waals surface area contributed by atoms with Gasteiger partial charge in [-0.25, -0.2) is 4.98 Å². The molecule has 0 aliphatic carbocycles. The van der Waals surface area contributed by atoms with E-state index >= 15 is 0 Å². The van der Waals surface area contributed by atoms with E-state index in [4.69, 9.17) is 11.6 Å². The zero-order valence-electron chi connectivity index (χ0n) is 17.7. The summed E-state index contributed by atoms with van der Waals surface area (Å²) in [5.41, 5.74) is 3.67. The molecule has 1 aliphatic heterocycles. The second kappa shape index (κ2) is 11.0. The predicted octanol–water partition coefficient (Wildman–Crippen LogP) is 6.10. The largest absolute Gasteiger partial charge is 0.366 e. The minimum Gasteiger partial charge on any atom is -0.366 e. The van der Waals surface area contributed by atoms with Gasteiger partial charge in [0.2, 0.25) is 5.91 Å². The van der Waals surface area contributed by atoms with E-state index in [0.717, 1.165) is 64.2 Å². The fourth-order valence-electron chi connectivity index (χ4n) is 3.62. The Hall–Kier alpha value is -1.58. The highest BCUT2D eigenvalue weighted by molar-refractivity contribution is 9.10. The molecule has 0 atom stereocenters. The van der Waals surface area contributed by atoms with Crippen LogP contribution in [0, 0.1) is 0 Å². The highest BCUT2D eigenvalue weighted by atomic mass is 79.9. The van der Waals surface area contributed by atoms with Crippen molar-refractivity contribution >= 4 is 67.9 Å². The summed E-state index contributed by atoms with van der Waals surface area (Å²) >= 11 is 13.0. The van der Waals surface area contributed by atoms with Gasteiger partial charge in [0.05, 0.1) is 27.8 Å². The number of thioether (sulfide) groups is 1. The van der Waals surface area contributed by atoms with Crippen LogP contribution < -0.4 is 10.2 Å². The summed E-state index contributed by atoms with van der Waals surface area (Å²) in [6.45, 7) is 7.02. The Bertz CT molecular complexity index is 1070. The van der Waals surface area contributed by atoms with E-state index in [1.165, 1.54) is 11.8 Å². The number of hydrogen-bond acceptors (Lipinski definition) is 6. The first-order chi connectivity index (χ1) is 15.5. The first kappa shape index (κ1) is 23.6. The number of carbonyl (C=O) groups is 1. The average molecular weight is 552 g/mol. The molecule has 0 spiro atoms. The molecular weight excluding hydrogens is 528 g/mol. The third-order valence-corrected chi connectivity index (χ3v) is 8.20. The number of likely N-dealkylation sites (N-methyl/N-ethyl adjacent to an activating group) is 1. The van der Waals surface area contributed by atoms with Gasteiger partial charge in [-0.05, 0) is 30.8 Å². The summed E-state index contributed by atoms with van der Waals surface area (Å²) in [4.78, 5) is 22.1. The van der Waals surface area contributed by atoms with Gasteiger partial charge < -0.3 is 15.1 Å². The molecule has 0 bridgehead atoms. The maximum atomic E-state index is 12.7. The molecule has 0 saturated carbocycles. The Morgan fingerprint density at radius 1 is 1.19 bits per heavy atom. The molecule has 9 heteroatoms. The van der Waals surface area contributed by atoms with Gasteiger partial charge >= 0.3 is 0 Å². The third-order valence-electron chi connectivity index (χ3n) is 5.35. The number of thiazole rings is 1. The minimum absolute atomic E-state index is 0.0638. The molecule has 1 aromatic heterocycles. The fraction of sp³-hybridized carbons (Fsp3) is 0.304. The molecule has 1 aliphatic rings. The fourth-order valence-corrected chi connectivity index (χ4v) is 5.81. The lowest BCUT2D eigenvalue weighted by atomic mass is 10.2. The number of anilines is 2. The van der Waals surface area contributed by atoms with E-state index in [1.807, 2.05) is 47.8 Å². The van der Waals surface area contributed by atoms with Crippen LogP contribution in [-0.2, 0) is 4.79 Å². The minimum atomic E-state index is -0.0638. The Morgan fingerprint density at radius 2 is 1.94 bits per heavy atom. The lowest BCUT2D eigenvalue weighted by molar-refractivity contribution is -0.113. The summed E-state index contributed by atoms with van der Waals surface area (Å²) in [7, 11) is 0. The van der Waals surface area contributed by atoms with Gasteiger partial charge in [-0.2, -0.15) is 0 Å². The van der Waals surface area contributed by atoms with Crippen LogP contribution in [0.3, 0.4) is 0 Å². The maximum absolute atomic E-state index is 12.7. The smallest absolute Gasteiger partial charge is 0.234 e. The van der Waals surface area contributed by atoms with Crippen molar-refractivity contribution in [2.75, 3.05) is 48.7 Å². The number of carbonyl (C=O) groups excluding carboxylic acids is 1. The molecule has 1 fully saturated rings. The molecule has 2 aromatic carbocycles. The lowest BCUT2D eigenvalue weighted by Gasteiger charge is -2.36. The van der Waals surface area contributed by atoms with Crippen LogP contribution in [0.1, 0.15) is 6.92 Å². The Morgan fingerprint density at radius 3 is 2.66 bits per heavy atom. The number of rotatable bonds is 7. The van der Waals surface area contributed by atoms with Crippen molar-refractivity contribution < 1.29 is 4.79 Å². The standard InChI is InChI=1S/C23H24BrClN4OS2/c1-2-28-10-12-29(13-11-28)22-18(25)4-3-5-19(22)26-21(30)15-32-23-27-20(14-31-23)16-6-8-17(24)9-7-16/h3-9,14H,2,10-13,15H2,1H3,(H,26,30). The van der Waals surface area contributed by atoms with E-state index in [1.54, 1.807) is 11.3 Å². The first-order valence-corrected chi connectivity index (χ1v) is 13.5. The van der Waals surface area contributed by atoms with Crippen molar-refractivity contribution in [2.24, 2.45) is 0 Å². The SMILES string of the molecule is CCN1CCN(c2c(Cl)cccc2NC(=O)CSc2nc(-c3ccc(Br)cc3)cs2)CC1.